The number of rotatable bonds is 9. The van der Waals surface area contributed by atoms with Crippen molar-refractivity contribution < 1.29 is 53.1 Å². The van der Waals surface area contributed by atoms with Crippen LogP contribution in [0.25, 0.3) is 17.0 Å². The molecule has 3 fully saturated rings. The molecule has 366 valence electrons. The van der Waals surface area contributed by atoms with E-state index in [2.05, 4.69) is 20.9 Å². The average molecular weight is 937 g/mol. The molecule has 10 atom stereocenters. The topological polar surface area (TPSA) is 180 Å². The van der Waals surface area contributed by atoms with Crippen molar-refractivity contribution in [1.29, 1.82) is 0 Å². The quantitative estimate of drug-likeness (QED) is 0.108. The Morgan fingerprint density at radius 3 is 2.35 bits per heavy atom. The highest BCUT2D eigenvalue weighted by atomic mass is 16.6. The number of aromatic amines is 1. The third-order valence-electron chi connectivity index (χ3n) is 16.5. The lowest BCUT2D eigenvalue weighted by molar-refractivity contribution is -0.228. The van der Waals surface area contributed by atoms with E-state index in [1.165, 1.54) is 27.2 Å². The zero-order chi connectivity index (χ0) is 48.9. The molecule has 1 aromatic heterocycles. The second-order valence-corrected chi connectivity index (χ2v) is 21.3. The number of esters is 4. The zero-order valence-corrected chi connectivity index (χ0v) is 41.2. The molecule has 1 saturated carbocycles. The molecular weight excluding hydrogens is 869 g/mol. The molecule has 3 aromatic rings. The fraction of sp³-hybridized carbons (Fsp3) is 0.585. The molecule has 2 aromatic carbocycles. The van der Waals surface area contributed by atoms with Gasteiger partial charge in [0.2, 0.25) is 5.60 Å². The normalized spacial score (nSPS) is 33.9. The first-order valence-electron chi connectivity index (χ1n) is 24.1. The summed E-state index contributed by atoms with van der Waals surface area (Å²) in [6.07, 6.45) is 8.66. The van der Waals surface area contributed by atoms with Crippen molar-refractivity contribution in [3.63, 3.8) is 0 Å². The molecule has 15 nitrogen and oxygen atoms in total. The van der Waals surface area contributed by atoms with Gasteiger partial charge in [0.15, 0.2) is 6.10 Å². The first kappa shape index (κ1) is 47.8. The lowest BCUT2D eigenvalue weighted by atomic mass is 9.47. The van der Waals surface area contributed by atoms with Gasteiger partial charge < -0.3 is 43.8 Å². The number of methoxy groups -OCH3 is 3. The van der Waals surface area contributed by atoms with Gasteiger partial charge in [0, 0.05) is 97.0 Å². The number of nitrogens with one attached hydrogen (secondary N) is 1. The zero-order valence-electron chi connectivity index (χ0n) is 41.2. The lowest BCUT2D eigenvalue weighted by Crippen LogP contribution is -2.81. The van der Waals surface area contributed by atoms with E-state index in [0.717, 1.165) is 27.6 Å². The van der Waals surface area contributed by atoms with Crippen LogP contribution >= 0.6 is 0 Å². The van der Waals surface area contributed by atoms with Crippen LogP contribution in [0.3, 0.4) is 0 Å². The van der Waals surface area contributed by atoms with Crippen LogP contribution in [-0.2, 0) is 55.4 Å². The maximum absolute atomic E-state index is 15.6. The van der Waals surface area contributed by atoms with Crippen LogP contribution in [0.2, 0.25) is 0 Å². The SMILES string of the molecule is CC[C@]1(O)C[C@H]2CN(CCc3c([nH]c4ccc(/C=C/C(=O)OC(C)(C)C)cc34)[C@@](C(=O)OC)(c3cc4c(cc3OC)N(C)[C@H]3[C@@](O)(C(=O)OC)[C@H](OC(C)=O)[C@]5(CC)C=CCN6CC[C@]43[C@@H]65)C2)C1. The molecule has 0 amide bonds. The maximum atomic E-state index is 15.6. The van der Waals surface area contributed by atoms with Crippen LogP contribution in [0.15, 0.2) is 48.6 Å². The van der Waals surface area contributed by atoms with Gasteiger partial charge in [-0.3, -0.25) is 19.4 Å². The molecule has 1 aliphatic carbocycles. The summed E-state index contributed by atoms with van der Waals surface area (Å²) >= 11 is 0. The minimum absolute atomic E-state index is 0.175. The summed E-state index contributed by atoms with van der Waals surface area (Å²) in [5.74, 6) is -2.27. The number of nitrogens with zero attached hydrogens (tertiary/aromatic N) is 3. The molecule has 2 bridgehead atoms. The van der Waals surface area contributed by atoms with Crippen molar-refractivity contribution in [2.24, 2.45) is 11.3 Å². The van der Waals surface area contributed by atoms with Gasteiger partial charge in [-0.1, -0.05) is 32.1 Å². The Morgan fingerprint density at radius 2 is 1.69 bits per heavy atom. The number of fused-ring (bicyclic) bond motifs is 6. The molecule has 9 rings (SSSR count). The largest absolute Gasteiger partial charge is 0.496 e. The van der Waals surface area contributed by atoms with E-state index in [-0.39, 0.29) is 18.4 Å². The van der Waals surface area contributed by atoms with Gasteiger partial charge >= 0.3 is 23.9 Å². The molecule has 68 heavy (non-hydrogen) atoms. The van der Waals surface area contributed by atoms with Gasteiger partial charge in [0.25, 0.3) is 0 Å². The Kier molecular flexibility index (Phi) is 11.8. The number of likely N-dealkylation sites (N-methyl/N-ethyl adjacent to an activating group) is 1. The standard InChI is InChI=1S/C53H68N4O11/c1-11-49(62)27-33-28-52(46(60)65-9,42-34(18-22-56(29-33)30-49)35-24-32(14-16-38(35)54-42)15-17-41(59)68-48(4,5)6)37-25-36-39(26-40(37)64-8)55(7)44-51(36)20-23-57-21-13-19-50(12-2,43(51)57)45(67-31(3)58)53(44,63)47(61)66-10/h13-17,19,24-26,33,43-45,54,62-63H,11-12,18,20-23,27-30H2,1-10H3/b17-15+/t33-,43+,44-,45-,49+,50-,51-,52+,53+/m1/s1. The Bertz CT molecular complexity index is 2620. The van der Waals surface area contributed by atoms with E-state index >= 15 is 4.79 Å². The minimum Gasteiger partial charge on any atom is -0.496 e. The number of ether oxygens (including phenoxy) is 5. The molecular formula is C53H68N4O11. The predicted molar refractivity (Wildman–Crippen MR) is 255 cm³/mol. The summed E-state index contributed by atoms with van der Waals surface area (Å²) in [5.41, 5.74) is -2.33. The highest BCUT2D eigenvalue weighted by molar-refractivity contribution is 5.96. The monoisotopic (exact) mass is 936 g/mol. The number of hydrogen-bond donors (Lipinski definition) is 3. The van der Waals surface area contributed by atoms with Gasteiger partial charge in [0.1, 0.15) is 16.8 Å². The van der Waals surface area contributed by atoms with Crippen LogP contribution in [0.1, 0.15) is 102 Å². The van der Waals surface area contributed by atoms with Gasteiger partial charge in [0.05, 0.1) is 33.0 Å². The number of carbonyl (C=O) groups excluding carboxylic acids is 4. The summed E-state index contributed by atoms with van der Waals surface area (Å²) in [5, 5.41) is 26.5. The molecule has 3 N–H and O–H groups in total. The number of hydrogen-bond acceptors (Lipinski definition) is 14. The molecule has 15 heteroatoms. The fourth-order valence-corrected chi connectivity index (χ4v) is 14.2. The maximum Gasteiger partial charge on any atom is 0.344 e. The first-order valence-corrected chi connectivity index (χ1v) is 24.1. The van der Waals surface area contributed by atoms with E-state index in [0.29, 0.717) is 87.5 Å². The van der Waals surface area contributed by atoms with Crippen LogP contribution in [0, 0.1) is 11.3 Å². The lowest BCUT2D eigenvalue weighted by Gasteiger charge is -2.63. The first-order chi connectivity index (χ1) is 32.2. The molecule has 6 heterocycles. The molecule has 5 aliphatic heterocycles. The van der Waals surface area contributed by atoms with Crippen molar-refractivity contribution in [3.8, 4) is 5.75 Å². The summed E-state index contributed by atoms with van der Waals surface area (Å²) in [6, 6.07) is 8.57. The number of piperidine rings is 1. The van der Waals surface area contributed by atoms with Crippen LogP contribution in [0.4, 0.5) is 5.69 Å². The summed E-state index contributed by atoms with van der Waals surface area (Å²) in [7, 11) is 6.07. The predicted octanol–water partition coefficient (Wildman–Crippen LogP) is 5.35. The molecule has 0 radical (unpaired) electrons. The molecule has 1 unspecified atom stereocenters. The van der Waals surface area contributed by atoms with Crippen molar-refractivity contribution in [2.45, 2.75) is 126 Å². The fourth-order valence-electron chi connectivity index (χ4n) is 14.2. The van der Waals surface area contributed by atoms with Crippen molar-refractivity contribution in [3.05, 3.63) is 76.5 Å². The van der Waals surface area contributed by atoms with Crippen molar-refractivity contribution in [1.82, 2.24) is 14.8 Å². The van der Waals surface area contributed by atoms with E-state index in [9.17, 15) is 24.6 Å². The van der Waals surface area contributed by atoms with E-state index in [1.807, 2.05) is 83.0 Å². The Hall–Kier alpha value is -5.22. The van der Waals surface area contributed by atoms with Gasteiger partial charge in [-0.25, -0.2) is 9.59 Å². The van der Waals surface area contributed by atoms with Crippen LogP contribution in [0.5, 0.6) is 5.75 Å². The molecule has 6 aliphatic rings. The van der Waals surface area contributed by atoms with Gasteiger partial charge in [-0.05, 0) is 113 Å². The summed E-state index contributed by atoms with van der Waals surface area (Å²) in [6.45, 7) is 13.7. The van der Waals surface area contributed by atoms with E-state index in [1.54, 1.807) is 13.2 Å². The van der Waals surface area contributed by atoms with Crippen molar-refractivity contribution >= 4 is 46.5 Å². The van der Waals surface area contributed by atoms with Crippen LogP contribution < -0.4 is 9.64 Å². The summed E-state index contributed by atoms with van der Waals surface area (Å²) < 4.78 is 29.7. The molecule has 1 spiro atoms. The smallest absolute Gasteiger partial charge is 0.344 e. The van der Waals surface area contributed by atoms with Gasteiger partial charge in [-0.15, -0.1) is 0 Å². The number of carbonyl (C=O) groups is 4. The third kappa shape index (κ3) is 6.95. The third-order valence-corrected chi connectivity index (χ3v) is 16.5. The van der Waals surface area contributed by atoms with Crippen LogP contribution in [-0.4, -0.2) is 145 Å². The number of aliphatic hydroxyl groups is 2. The van der Waals surface area contributed by atoms with E-state index in [4.69, 9.17) is 23.7 Å². The number of aromatic nitrogens is 1. The number of anilines is 1. The minimum atomic E-state index is -2.35. The number of benzene rings is 2. The average Bonchev–Trinajstić information content (AvgIpc) is 3.96. The second kappa shape index (κ2) is 16.7. The highest BCUT2D eigenvalue weighted by Gasteiger charge is 2.80. The Labute approximate surface area is 398 Å². The second-order valence-electron chi connectivity index (χ2n) is 21.3. The van der Waals surface area contributed by atoms with Gasteiger partial charge in [-0.2, -0.15) is 0 Å². The molecule has 2 saturated heterocycles. The Morgan fingerprint density at radius 1 is 0.941 bits per heavy atom. The number of H-pyrrole nitrogens is 1. The highest BCUT2D eigenvalue weighted by Crippen LogP contribution is 2.68. The Balaban J connectivity index is 1.33. The summed E-state index contributed by atoms with van der Waals surface area (Å²) in [4.78, 5) is 66.4. The van der Waals surface area contributed by atoms with Crippen molar-refractivity contribution in [2.75, 3.05) is 66.0 Å². The van der Waals surface area contributed by atoms with E-state index < -0.39 is 69.1 Å².